The van der Waals surface area contributed by atoms with Crippen LogP contribution < -0.4 is 10.6 Å². The Morgan fingerprint density at radius 2 is 1.95 bits per heavy atom. The summed E-state index contributed by atoms with van der Waals surface area (Å²) in [5.41, 5.74) is 0. The van der Waals surface area contributed by atoms with Crippen LogP contribution in [-0.4, -0.2) is 67.7 Å². The van der Waals surface area contributed by atoms with Crippen molar-refractivity contribution in [3.05, 3.63) is 12.7 Å². The van der Waals surface area contributed by atoms with Crippen molar-refractivity contribution >= 4 is 6.03 Å². The fourth-order valence-electron chi connectivity index (χ4n) is 2.44. The molecule has 0 saturated carbocycles. The van der Waals surface area contributed by atoms with Crippen molar-refractivity contribution in [2.45, 2.75) is 38.8 Å². The van der Waals surface area contributed by atoms with E-state index >= 15 is 0 Å². The SMILES string of the molecule is C=CC[C@H](CC)NC(=O)N[C@@H](C)CN1CCN(C)CC1. The van der Waals surface area contributed by atoms with Crippen molar-refractivity contribution in [1.82, 2.24) is 20.4 Å². The highest BCUT2D eigenvalue weighted by molar-refractivity contribution is 5.74. The molecule has 2 amide bonds. The van der Waals surface area contributed by atoms with Gasteiger partial charge in [-0.15, -0.1) is 6.58 Å². The number of nitrogens with zero attached hydrogens (tertiary/aromatic N) is 2. The molecule has 1 aliphatic rings. The number of carbonyl (C=O) groups excluding carboxylic acids is 1. The number of hydrogen-bond donors (Lipinski definition) is 2. The molecule has 116 valence electrons. The molecular weight excluding hydrogens is 252 g/mol. The molecule has 1 fully saturated rings. The lowest BCUT2D eigenvalue weighted by Gasteiger charge is -2.34. The summed E-state index contributed by atoms with van der Waals surface area (Å²) in [5, 5.41) is 6.02. The highest BCUT2D eigenvalue weighted by atomic mass is 16.2. The number of amides is 2. The second-order valence-electron chi connectivity index (χ2n) is 5.75. The zero-order valence-electron chi connectivity index (χ0n) is 13.2. The third-order valence-corrected chi connectivity index (χ3v) is 3.78. The minimum atomic E-state index is -0.0691. The summed E-state index contributed by atoms with van der Waals surface area (Å²) < 4.78 is 0. The van der Waals surface area contributed by atoms with Crippen LogP contribution in [0.4, 0.5) is 4.79 Å². The monoisotopic (exact) mass is 282 g/mol. The third-order valence-electron chi connectivity index (χ3n) is 3.78. The van der Waals surface area contributed by atoms with E-state index in [2.05, 4.69) is 47.9 Å². The summed E-state index contributed by atoms with van der Waals surface area (Å²) in [6.07, 6.45) is 3.59. The van der Waals surface area contributed by atoms with Gasteiger partial charge in [0.2, 0.25) is 0 Å². The number of carbonyl (C=O) groups is 1. The van der Waals surface area contributed by atoms with Gasteiger partial charge in [0.1, 0.15) is 0 Å². The first kappa shape index (κ1) is 17.0. The number of urea groups is 1. The molecule has 0 radical (unpaired) electrons. The zero-order valence-corrected chi connectivity index (χ0v) is 13.2. The van der Waals surface area contributed by atoms with Crippen molar-refractivity contribution in [3.63, 3.8) is 0 Å². The summed E-state index contributed by atoms with van der Waals surface area (Å²) in [5.74, 6) is 0. The van der Waals surface area contributed by atoms with Gasteiger partial charge in [-0.1, -0.05) is 13.0 Å². The first-order valence-electron chi connectivity index (χ1n) is 7.64. The molecule has 0 aliphatic carbocycles. The van der Waals surface area contributed by atoms with Crippen LogP contribution in [0.5, 0.6) is 0 Å². The van der Waals surface area contributed by atoms with Gasteiger partial charge in [-0.25, -0.2) is 4.79 Å². The topological polar surface area (TPSA) is 47.6 Å². The van der Waals surface area contributed by atoms with Gasteiger partial charge in [-0.3, -0.25) is 4.90 Å². The van der Waals surface area contributed by atoms with Crippen LogP contribution in [-0.2, 0) is 0 Å². The molecule has 0 spiro atoms. The van der Waals surface area contributed by atoms with Gasteiger partial charge in [0, 0.05) is 44.8 Å². The van der Waals surface area contributed by atoms with Crippen LogP contribution in [0.2, 0.25) is 0 Å². The molecule has 2 atom stereocenters. The van der Waals surface area contributed by atoms with Crippen molar-refractivity contribution in [3.8, 4) is 0 Å². The highest BCUT2D eigenvalue weighted by Gasteiger charge is 2.17. The molecule has 2 N–H and O–H groups in total. The molecule has 20 heavy (non-hydrogen) atoms. The van der Waals surface area contributed by atoms with E-state index in [1.807, 2.05) is 6.08 Å². The quantitative estimate of drug-likeness (QED) is 0.692. The Hall–Kier alpha value is -1.07. The molecule has 0 aromatic rings. The summed E-state index contributed by atoms with van der Waals surface area (Å²) in [4.78, 5) is 16.7. The molecule has 1 heterocycles. The Morgan fingerprint density at radius 3 is 2.50 bits per heavy atom. The van der Waals surface area contributed by atoms with E-state index in [0.29, 0.717) is 0 Å². The molecular formula is C15H30N4O. The fraction of sp³-hybridized carbons (Fsp3) is 0.800. The lowest BCUT2D eigenvalue weighted by molar-refractivity contribution is 0.144. The predicted molar refractivity (Wildman–Crippen MR) is 84.0 cm³/mol. The highest BCUT2D eigenvalue weighted by Crippen LogP contribution is 2.01. The minimum absolute atomic E-state index is 0.0691. The summed E-state index contributed by atoms with van der Waals surface area (Å²) in [6, 6.07) is 0.281. The second-order valence-corrected chi connectivity index (χ2v) is 5.75. The van der Waals surface area contributed by atoms with Crippen molar-refractivity contribution in [2.75, 3.05) is 39.8 Å². The van der Waals surface area contributed by atoms with E-state index in [-0.39, 0.29) is 18.1 Å². The lowest BCUT2D eigenvalue weighted by Crippen LogP contribution is -2.52. The Labute approximate surface area is 123 Å². The molecule has 1 rings (SSSR count). The zero-order chi connectivity index (χ0) is 15.0. The second kappa shape index (κ2) is 8.97. The van der Waals surface area contributed by atoms with Gasteiger partial charge in [-0.05, 0) is 26.8 Å². The average Bonchev–Trinajstić information content (AvgIpc) is 2.40. The van der Waals surface area contributed by atoms with E-state index in [9.17, 15) is 4.79 Å². The number of rotatable bonds is 7. The first-order chi connectivity index (χ1) is 9.55. The minimum Gasteiger partial charge on any atom is -0.335 e. The fourth-order valence-corrected chi connectivity index (χ4v) is 2.44. The van der Waals surface area contributed by atoms with Crippen molar-refractivity contribution < 1.29 is 4.79 Å². The van der Waals surface area contributed by atoms with Gasteiger partial charge in [0.15, 0.2) is 0 Å². The van der Waals surface area contributed by atoms with Crippen LogP contribution in [0.1, 0.15) is 26.7 Å². The molecule has 0 aromatic heterocycles. The molecule has 5 nitrogen and oxygen atoms in total. The maximum Gasteiger partial charge on any atom is 0.315 e. The Bertz CT molecular complexity index is 300. The number of hydrogen-bond acceptors (Lipinski definition) is 3. The lowest BCUT2D eigenvalue weighted by atomic mass is 10.1. The number of nitrogens with one attached hydrogen (secondary N) is 2. The maximum absolute atomic E-state index is 11.9. The van der Waals surface area contributed by atoms with Crippen LogP contribution in [0.25, 0.3) is 0 Å². The molecule has 1 saturated heterocycles. The molecule has 0 bridgehead atoms. The molecule has 0 unspecified atom stereocenters. The van der Waals surface area contributed by atoms with Gasteiger partial charge < -0.3 is 15.5 Å². The Morgan fingerprint density at radius 1 is 1.30 bits per heavy atom. The Balaban J connectivity index is 2.25. The van der Waals surface area contributed by atoms with Gasteiger partial charge in [0.25, 0.3) is 0 Å². The van der Waals surface area contributed by atoms with Crippen LogP contribution >= 0.6 is 0 Å². The number of piperazine rings is 1. The normalized spacial score (nSPS) is 20.1. The number of likely N-dealkylation sites (N-methyl/N-ethyl adjacent to an activating group) is 1. The summed E-state index contributed by atoms with van der Waals surface area (Å²) in [6.45, 7) is 13.1. The van der Waals surface area contributed by atoms with Gasteiger partial charge in [-0.2, -0.15) is 0 Å². The largest absolute Gasteiger partial charge is 0.335 e. The van der Waals surface area contributed by atoms with E-state index < -0.39 is 0 Å². The molecule has 1 aliphatic heterocycles. The standard InChI is InChI=1S/C15H30N4O/c1-5-7-14(6-2)17-15(20)16-13(3)12-19-10-8-18(4)9-11-19/h5,13-14H,1,6-12H2,2-4H3,(H2,16,17,20)/t13-,14-/m0/s1. The third kappa shape index (κ3) is 6.39. The van der Waals surface area contributed by atoms with Crippen molar-refractivity contribution in [1.29, 1.82) is 0 Å². The van der Waals surface area contributed by atoms with Crippen LogP contribution in [0, 0.1) is 0 Å². The average molecular weight is 282 g/mol. The van der Waals surface area contributed by atoms with E-state index in [0.717, 1.165) is 45.6 Å². The van der Waals surface area contributed by atoms with Crippen LogP contribution in [0.15, 0.2) is 12.7 Å². The summed E-state index contributed by atoms with van der Waals surface area (Å²) in [7, 11) is 2.15. The van der Waals surface area contributed by atoms with Crippen LogP contribution in [0.3, 0.4) is 0 Å². The first-order valence-corrected chi connectivity index (χ1v) is 7.64. The molecule has 0 aromatic carbocycles. The van der Waals surface area contributed by atoms with Crippen molar-refractivity contribution in [2.24, 2.45) is 0 Å². The smallest absolute Gasteiger partial charge is 0.315 e. The maximum atomic E-state index is 11.9. The summed E-state index contributed by atoms with van der Waals surface area (Å²) >= 11 is 0. The van der Waals surface area contributed by atoms with Gasteiger partial charge >= 0.3 is 6.03 Å². The van der Waals surface area contributed by atoms with E-state index in [4.69, 9.17) is 0 Å². The predicted octanol–water partition coefficient (Wildman–Crippen LogP) is 1.28. The Kier molecular flexibility index (Phi) is 7.62. The van der Waals surface area contributed by atoms with Gasteiger partial charge in [0.05, 0.1) is 0 Å². The van der Waals surface area contributed by atoms with E-state index in [1.165, 1.54) is 0 Å². The van der Waals surface area contributed by atoms with E-state index in [1.54, 1.807) is 0 Å². The molecule has 5 heteroatoms.